The fraction of sp³-hybridized carbons (Fsp3) is 0.577. The van der Waals surface area contributed by atoms with Crippen molar-refractivity contribution >= 4 is 17.5 Å². The molecule has 0 bridgehead atoms. The minimum Gasteiger partial charge on any atom is -0.355 e. The van der Waals surface area contributed by atoms with Crippen molar-refractivity contribution in [3.05, 3.63) is 47.7 Å². The topological polar surface area (TPSA) is 106 Å². The van der Waals surface area contributed by atoms with Crippen LogP contribution in [0.25, 0.3) is 5.65 Å². The molecule has 40 heavy (non-hydrogen) atoms. The second kappa shape index (κ2) is 10.8. The maximum atomic E-state index is 14.4. The van der Waals surface area contributed by atoms with E-state index in [1.807, 2.05) is 6.92 Å². The molecule has 2 unspecified atom stereocenters. The Hall–Kier alpha value is -3.58. The van der Waals surface area contributed by atoms with Crippen LogP contribution in [0.1, 0.15) is 66.9 Å². The largest absolute Gasteiger partial charge is 0.393 e. The van der Waals surface area contributed by atoms with Crippen LogP contribution in [0.3, 0.4) is 0 Å². The van der Waals surface area contributed by atoms with E-state index < -0.39 is 60.7 Å². The molecule has 4 heterocycles. The summed E-state index contributed by atoms with van der Waals surface area (Å²) >= 11 is 0. The Morgan fingerprint density at radius 2 is 2.08 bits per heavy atom. The van der Waals surface area contributed by atoms with Gasteiger partial charge in [-0.3, -0.25) is 14.3 Å². The molecule has 3 aromatic heterocycles. The third kappa shape index (κ3) is 5.94. The number of imidazole rings is 1. The molecule has 0 aromatic carbocycles. The van der Waals surface area contributed by atoms with Gasteiger partial charge in [0.2, 0.25) is 11.8 Å². The van der Waals surface area contributed by atoms with Crippen molar-refractivity contribution in [2.45, 2.75) is 70.1 Å². The molecule has 5 rings (SSSR count). The number of nitrogens with one attached hydrogen (secondary N) is 2. The quantitative estimate of drug-likeness (QED) is 0.419. The molecule has 0 spiro atoms. The summed E-state index contributed by atoms with van der Waals surface area (Å²) in [5.41, 5.74) is 1.40. The van der Waals surface area contributed by atoms with Crippen LogP contribution in [0.2, 0.25) is 0 Å². The molecule has 14 heteroatoms. The number of aromatic nitrogens is 5. The Labute approximate surface area is 226 Å². The van der Waals surface area contributed by atoms with Gasteiger partial charge in [-0.1, -0.05) is 0 Å². The fourth-order valence-corrected chi connectivity index (χ4v) is 5.70. The van der Waals surface area contributed by atoms with E-state index in [4.69, 9.17) is 0 Å². The lowest BCUT2D eigenvalue weighted by Gasteiger charge is -2.34. The van der Waals surface area contributed by atoms with Crippen LogP contribution in [0.5, 0.6) is 0 Å². The summed E-state index contributed by atoms with van der Waals surface area (Å²) < 4.78 is 71.4. The lowest BCUT2D eigenvalue weighted by atomic mass is 9.80. The van der Waals surface area contributed by atoms with Gasteiger partial charge in [0.05, 0.1) is 29.5 Å². The van der Waals surface area contributed by atoms with E-state index in [-0.39, 0.29) is 19.3 Å². The molecular formula is C26H30F5N7O2. The number of carbonyl (C=O) groups is 2. The number of aryl methyl sites for hydroxylation is 1. The van der Waals surface area contributed by atoms with Crippen LogP contribution in [0.4, 0.5) is 22.0 Å². The highest BCUT2D eigenvalue weighted by Gasteiger charge is 2.45. The van der Waals surface area contributed by atoms with Crippen molar-refractivity contribution in [2.24, 2.45) is 17.8 Å². The average molecular weight is 568 g/mol. The number of rotatable bonds is 7. The third-order valence-corrected chi connectivity index (χ3v) is 7.78. The average Bonchev–Trinajstić information content (AvgIpc) is 3.54. The molecule has 2 amide bonds. The summed E-state index contributed by atoms with van der Waals surface area (Å²) in [5, 5.41) is 13.8. The minimum absolute atomic E-state index is 0.00210. The van der Waals surface area contributed by atoms with E-state index >= 15 is 0 Å². The summed E-state index contributed by atoms with van der Waals surface area (Å²) in [6.07, 6.45) is -1.57. The molecule has 1 saturated carbocycles. The first-order valence-corrected chi connectivity index (χ1v) is 13.3. The van der Waals surface area contributed by atoms with Crippen LogP contribution < -0.4 is 10.6 Å². The Kier molecular flexibility index (Phi) is 7.53. The van der Waals surface area contributed by atoms with E-state index in [1.54, 1.807) is 18.2 Å². The zero-order valence-electron chi connectivity index (χ0n) is 21.8. The van der Waals surface area contributed by atoms with Gasteiger partial charge in [0.1, 0.15) is 5.69 Å². The molecule has 216 valence electrons. The lowest BCUT2D eigenvalue weighted by Crippen LogP contribution is -2.47. The predicted octanol–water partition coefficient (Wildman–Crippen LogP) is 4.10. The second-order valence-electron chi connectivity index (χ2n) is 10.6. The molecule has 4 atom stereocenters. The highest BCUT2D eigenvalue weighted by molar-refractivity contribution is 5.92. The van der Waals surface area contributed by atoms with E-state index in [0.29, 0.717) is 42.1 Å². The molecule has 2 aliphatic rings. The van der Waals surface area contributed by atoms with Crippen LogP contribution in [-0.2, 0) is 17.8 Å². The lowest BCUT2D eigenvalue weighted by molar-refractivity contribution is -0.183. The Morgan fingerprint density at radius 1 is 1.27 bits per heavy atom. The number of fused-ring (bicyclic) bond motifs is 1. The number of carbonyl (C=O) groups excluding carboxylic acids is 2. The number of nitrogens with zero attached hydrogens (tertiary/aromatic N) is 5. The number of hydrogen-bond donors (Lipinski definition) is 2. The standard InChI is InChI=1S/C26H30F5N7O2/c1-2-37-20(7-9-33-37)24(40)35-22(15-4-3-8-25(27,28)12-15)19-14-38-21(34-19)6-5-18(36-38)11-16-10-17(26(29,30)31)13-32-23(16)39/h5-7,9,14-17,22H,2-4,8,10-13H2,1H3,(H,32,39)(H,35,40)/t15-,16?,17+,22?/m0/s1. The summed E-state index contributed by atoms with van der Waals surface area (Å²) in [7, 11) is 0. The molecule has 3 aromatic rings. The monoisotopic (exact) mass is 567 g/mol. The summed E-state index contributed by atoms with van der Waals surface area (Å²) in [6, 6.07) is 3.90. The molecule has 1 saturated heterocycles. The highest BCUT2D eigenvalue weighted by atomic mass is 19.4. The number of halogens is 5. The summed E-state index contributed by atoms with van der Waals surface area (Å²) in [5.74, 6) is -6.89. The van der Waals surface area contributed by atoms with E-state index in [1.165, 1.54) is 21.6 Å². The van der Waals surface area contributed by atoms with Crippen LogP contribution >= 0.6 is 0 Å². The fourth-order valence-electron chi connectivity index (χ4n) is 5.70. The van der Waals surface area contributed by atoms with Crippen molar-refractivity contribution in [1.82, 2.24) is 35.0 Å². The number of amides is 2. The Bertz CT molecular complexity index is 1390. The molecule has 9 nitrogen and oxygen atoms in total. The maximum absolute atomic E-state index is 14.4. The van der Waals surface area contributed by atoms with E-state index in [9.17, 15) is 31.5 Å². The minimum atomic E-state index is -4.41. The first-order chi connectivity index (χ1) is 18.9. The molecular weight excluding hydrogens is 537 g/mol. The normalized spacial score (nSPS) is 24.1. The second-order valence-corrected chi connectivity index (χ2v) is 10.6. The van der Waals surface area contributed by atoms with Crippen molar-refractivity contribution in [3.63, 3.8) is 0 Å². The van der Waals surface area contributed by atoms with Gasteiger partial charge in [-0.2, -0.15) is 23.4 Å². The molecule has 1 aliphatic carbocycles. The van der Waals surface area contributed by atoms with Gasteiger partial charge in [0, 0.05) is 44.5 Å². The first kappa shape index (κ1) is 28.0. The van der Waals surface area contributed by atoms with Gasteiger partial charge < -0.3 is 10.6 Å². The molecule has 2 fully saturated rings. The van der Waals surface area contributed by atoms with Crippen molar-refractivity contribution in [1.29, 1.82) is 0 Å². The van der Waals surface area contributed by atoms with Crippen LogP contribution in [0.15, 0.2) is 30.6 Å². The van der Waals surface area contributed by atoms with Crippen molar-refractivity contribution < 1.29 is 31.5 Å². The van der Waals surface area contributed by atoms with E-state index in [0.717, 1.165) is 0 Å². The zero-order valence-corrected chi connectivity index (χ0v) is 21.8. The summed E-state index contributed by atoms with van der Waals surface area (Å²) in [4.78, 5) is 30.0. The number of alkyl halides is 5. The zero-order chi connectivity index (χ0) is 28.7. The van der Waals surface area contributed by atoms with Crippen LogP contribution in [-0.4, -0.2) is 54.8 Å². The summed E-state index contributed by atoms with van der Waals surface area (Å²) in [6.45, 7) is 1.84. The number of piperidine rings is 1. The highest BCUT2D eigenvalue weighted by Crippen LogP contribution is 2.42. The Morgan fingerprint density at radius 3 is 2.80 bits per heavy atom. The molecule has 2 N–H and O–H groups in total. The maximum Gasteiger partial charge on any atom is 0.393 e. The first-order valence-electron chi connectivity index (χ1n) is 13.3. The van der Waals surface area contributed by atoms with Gasteiger partial charge in [-0.25, -0.2) is 18.3 Å². The van der Waals surface area contributed by atoms with Gasteiger partial charge in [0.25, 0.3) is 5.91 Å². The van der Waals surface area contributed by atoms with E-state index in [2.05, 4.69) is 25.8 Å². The molecule has 1 aliphatic heterocycles. The van der Waals surface area contributed by atoms with Crippen molar-refractivity contribution in [3.8, 4) is 0 Å². The van der Waals surface area contributed by atoms with Gasteiger partial charge in [0.15, 0.2) is 5.65 Å². The van der Waals surface area contributed by atoms with Crippen molar-refractivity contribution in [2.75, 3.05) is 6.54 Å². The van der Waals surface area contributed by atoms with Crippen LogP contribution in [0, 0.1) is 17.8 Å². The predicted molar refractivity (Wildman–Crippen MR) is 132 cm³/mol. The Balaban J connectivity index is 1.41. The van der Waals surface area contributed by atoms with Gasteiger partial charge in [-0.05, 0) is 50.3 Å². The molecule has 0 radical (unpaired) electrons. The smallest absolute Gasteiger partial charge is 0.355 e. The third-order valence-electron chi connectivity index (χ3n) is 7.78. The SMILES string of the molecule is CCn1nccc1C(=O)NC(c1cn2nc(CC3C[C@@H](C(F)(F)F)CNC3=O)ccc2n1)[C@H]1CCCC(F)(F)C1. The number of hydrogen-bond acceptors (Lipinski definition) is 5. The van der Waals surface area contributed by atoms with Gasteiger partial charge >= 0.3 is 6.18 Å². The van der Waals surface area contributed by atoms with Gasteiger partial charge in [-0.15, -0.1) is 0 Å².